The van der Waals surface area contributed by atoms with Crippen molar-refractivity contribution in [3.05, 3.63) is 101 Å². The molecule has 3 unspecified atom stereocenters. The molecule has 3 rings (SSSR count). The van der Waals surface area contributed by atoms with Gasteiger partial charge in [-0.1, -0.05) is 152 Å². The van der Waals surface area contributed by atoms with Crippen LogP contribution in [0.25, 0.3) is 0 Å². The fourth-order valence-electron chi connectivity index (χ4n) is 4.88. The lowest BCUT2D eigenvalue weighted by atomic mass is 9.89. The zero-order valence-electron chi connectivity index (χ0n) is 29.8. The van der Waals surface area contributed by atoms with Crippen LogP contribution in [-0.4, -0.2) is 30.0 Å². The number of aryl methyl sites for hydroxylation is 2. The van der Waals surface area contributed by atoms with Gasteiger partial charge in [0.25, 0.3) is 0 Å². The molecule has 0 saturated carbocycles. The van der Waals surface area contributed by atoms with Crippen LogP contribution in [0.5, 0.6) is 5.75 Å². The number of halogens is 10. The molecule has 2 N–H and O–H groups in total. The molecule has 51 heavy (non-hydrogen) atoms. The Morgan fingerprint density at radius 1 is 0.510 bits per heavy atom. The van der Waals surface area contributed by atoms with Crippen molar-refractivity contribution in [2.45, 2.75) is 73.1 Å². The zero-order chi connectivity index (χ0) is 39.8. The smallest absolute Gasteiger partial charge is 0.396 e. The summed E-state index contributed by atoms with van der Waals surface area (Å²) in [5.41, 5.74) is 4.33. The van der Waals surface area contributed by atoms with Gasteiger partial charge in [-0.2, -0.15) is 0 Å². The second-order valence-electron chi connectivity index (χ2n) is 13.5. The molecule has 0 radical (unpaired) electrons. The van der Waals surface area contributed by atoms with E-state index in [4.69, 9.17) is 0 Å². The number of aliphatic hydroxyl groups excluding tert-OH is 2. The van der Waals surface area contributed by atoms with Gasteiger partial charge < -0.3 is 14.4 Å². The van der Waals surface area contributed by atoms with Crippen molar-refractivity contribution in [3.63, 3.8) is 0 Å². The summed E-state index contributed by atoms with van der Waals surface area (Å²) in [4.78, 5) is 0. The van der Waals surface area contributed by atoms with Crippen LogP contribution in [0.1, 0.15) is 87.1 Å². The van der Waals surface area contributed by atoms with Crippen molar-refractivity contribution in [3.8, 4) is 5.75 Å². The first-order valence-electron chi connectivity index (χ1n) is 16.0. The molecule has 0 fully saturated rings. The van der Waals surface area contributed by atoms with E-state index in [0.717, 1.165) is 17.7 Å². The highest BCUT2D eigenvalue weighted by Gasteiger charge is 2.67. The molecule has 0 aliphatic carbocycles. The average Bonchev–Trinajstić information content (AvgIpc) is 2.93. The van der Waals surface area contributed by atoms with E-state index < -0.39 is 45.2 Å². The molecular weight excluding hydrogens is 738 g/mol. The summed E-state index contributed by atoms with van der Waals surface area (Å²) in [5, 5.41) is 18.4. The SMILES string of the molecule is CC(C)C(CO)c1cccc(OS(F)(F)(F)(F)F)c1.Cc1ccc(C(CO)C(C)C)cc1.Cc1ccc(C(COS(F)(F)(F)(F)F)C(C)C)cc1. The van der Waals surface area contributed by atoms with Crippen molar-refractivity contribution in [2.24, 2.45) is 17.8 Å². The fourth-order valence-corrected chi connectivity index (χ4v) is 5.76. The third kappa shape index (κ3) is 19.7. The lowest BCUT2D eigenvalue weighted by molar-refractivity contribution is 0.136. The van der Waals surface area contributed by atoms with Crippen molar-refractivity contribution < 1.29 is 57.4 Å². The van der Waals surface area contributed by atoms with Crippen LogP contribution in [0.3, 0.4) is 0 Å². The van der Waals surface area contributed by atoms with Gasteiger partial charge in [-0.25, -0.2) is 4.18 Å². The third-order valence-electron chi connectivity index (χ3n) is 7.83. The van der Waals surface area contributed by atoms with E-state index in [0.29, 0.717) is 17.0 Å². The second-order valence-corrected chi connectivity index (χ2v) is 17.5. The fraction of sp³-hybridized carbons (Fsp3) is 0.486. The summed E-state index contributed by atoms with van der Waals surface area (Å²) in [6, 6.07) is 19.4. The molecule has 3 aromatic rings. The first-order chi connectivity index (χ1) is 22.7. The summed E-state index contributed by atoms with van der Waals surface area (Å²) in [5.74, 6) is -1.68. The lowest BCUT2D eigenvalue weighted by Gasteiger charge is -2.40. The van der Waals surface area contributed by atoms with E-state index in [1.165, 1.54) is 23.3 Å². The van der Waals surface area contributed by atoms with Crippen LogP contribution >= 0.6 is 21.0 Å². The standard InChI is InChI=1S/C12H17F5OS.C12H18O.C11H15F5O2S/c1-9(2)12(8-18-19(13,14,15,16)17)11-6-4-10(3)5-7-11;1-9(2)12(8-13)11-6-4-10(3)5-7-11;1-8(2)11(7-17)9-4-3-5-10(6-9)18-19(12,13,14,15)16/h4-7,9,12H,8H2,1-3H3;4-7,9,12-13H,8H2,1-3H3;3-6,8,11,17H,7H2,1-2H3. The highest BCUT2D eigenvalue weighted by atomic mass is 32.5. The van der Waals surface area contributed by atoms with Gasteiger partial charge in [0.1, 0.15) is 5.75 Å². The Bertz CT molecular complexity index is 1520. The third-order valence-corrected chi connectivity index (χ3v) is 8.92. The Morgan fingerprint density at radius 2 is 0.882 bits per heavy atom. The first-order valence-corrected chi connectivity index (χ1v) is 19.8. The number of rotatable bonds is 13. The van der Waals surface area contributed by atoms with Crippen LogP contribution in [0.4, 0.5) is 38.9 Å². The Balaban J connectivity index is 0.000000390. The molecule has 0 aliphatic rings. The van der Waals surface area contributed by atoms with E-state index >= 15 is 0 Å². The number of hydrogen-bond donors (Lipinski definition) is 2. The Hall–Kier alpha value is -2.66. The molecule has 0 spiro atoms. The molecule has 0 bridgehead atoms. The molecule has 4 nitrogen and oxygen atoms in total. The Labute approximate surface area is 295 Å². The monoisotopic (exact) mass is 788 g/mol. The summed E-state index contributed by atoms with van der Waals surface area (Å²) in [6.45, 7) is 13.9. The van der Waals surface area contributed by atoms with Crippen LogP contribution in [0.2, 0.25) is 0 Å². The average molecular weight is 789 g/mol. The maximum atomic E-state index is 12.2. The van der Waals surface area contributed by atoms with Gasteiger partial charge >= 0.3 is 21.0 Å². The maximum Gasteiger partial charge on any atom is 0.435 e. The lowest BCUT2D eigenvalue weighted by Crippen LogP contribution is -2.19. The van der Waals surface area contributed by atoms with Gasteiger partial charge in [-0.05, 0) is 60.4 Å². The molecule has 16 heteroatoms. The van der Waals surface area contributed by atoms with E-state index in [1.807, 2.05) is 6.92 Å². The first kappa shape index (κ1) is 46.4. The zero-order valence-corrected chi connectivity index (χ0v) is 31.5. The van der Waals surface area contributed by atoms with Crippen molar-refractivity contribution in [2.75, 3.05) is 19.8 Å². The van der Waals surface area contributed by atoms with Crippen molar-refractivity contribution in [1.29, 1.82) is 0 Å². The summed E-state index contributed by atoms with van der Waals surface area (Å²) >= 11 is 0. The minimum Gasteiger partial charge on any atom is -0.396 e. The number of hydrogen-bond acceptors (Lipinski definition) is 4. The summed E-state index contributed by atoms with van der Waals surface area (Å²) < 4.78 is 128. The quantitative estimate of drug-likeness (QED) is 0.169. The molecule has 3 atom stereocenters. The van der Waals surface area contributed by atoms with E-state index in [2.05, 4.69) is 53.4 Å². The topological polar surface area (TPSA) is 58.9 Å². The second kappa shape index (κ2) is 15.7. The van der Waals surface area contributed by atoms with Crippen LogP contribution in [0.15, 0.2) is 72.8 Å². The molecule has 0 saturated heterocycles. The number of benzene rings is 3. The van der Waals surface area contributed by atoms with Crippen LogP contribution in [-0.2, 0) is 4.18 Å². The van der Waals surface area contributed by atoms with E-state index in [-0.39, 0.29) is 31.0 Å². The Kier molecular flexibility index (Phi) is 14.3. The normalized spacial score (nSPS) is 16.7. The van der Waals surface area contributed by atoms with Crippen molar-refractivity contribution >= 4 is 21.0 Å². The van der Waals surface area contributed by atoms with Gasteiger partial charge in [-0.15, -0.1) is 0 Å². The van der Waals surface area contributed by atoms with Crippen LogP contribution in [0, 0.1) is 31.6 Å². The molecule has 3 aromatic carbocycles. The predicted molar refractivity (Wildman–Crippen MR) is 189 cm³/mol. The van der Waals surface area contributed by atoms with Gasteiger partial charge in [0, 0.05) is 17.8 Å². The van der Waals surface area contributed by atoms with Gasteiger partial charge in [0.2, 0.25) is 0 Å². The summed E-state index contributed by atoms with van der Waals surface area (Å²) in [6.07, 6.45) is 0. The number of aliphatic hydroxyl groups is 2. The van der Waals surface area contributed by atoms with E-state index in [1.54, 1.807) is 52.0 Å². The molecule has 0 aliphatic heterocycles. The minimum atomic E-state index is -9.96. The summed E-state index contributed by atoms with van der Waals surface area (Å²) in [7, 11) is -19.8. The minimum absolute atomic E-state index is 0.0554. The largest absolute Gasteiger partial charge is 0.435 e. The Morgan fingerprint density at radius 3 is 1.22 bits per heavy atom. The van der Waals surface area contributed by atoms with E-state index in [9.17, 15) is 49.1 Å². The van der Waals surface area contributed by atoms with Crippen LogP contribution < -0.4 is 4.18 Å². The molecule has 0 aromatic heterocycles. The van der Waals surface area contributed by atoms with Crippen molar-refractivity contribution in [1.82, 2.24) is 0 Å². The highest BCUT2D eigenvalue weighted by molar-refractivity contribution is 8.42. The molecule has 0 heterocycles. The van der Waals surface area contributed by atoms with Gasteiger partial charge in [0.05, 0.1) is 19.8 Å². The molecule has 296 valence electrons. The highest BCUT2D eigenvalue weighted by Crippen LogP contribution is 2.98. The molecule has 0 amide bonds. The molecular formula is C35H50F10O4S2. The van der Waals surface area contributed by atoms with Gasteiger partial charge in [-0.3, -0.25) is 0 Å². The van der Waals surface area contributed by atoms with Gasteiger partial charge in [0.15, 0.2) is 0 Å². The predicted octanol–water partition coefficient (Wildman–Crippen LogP) is 13.7. The maximum absolute atomic E-state index is 12.2.